The van der Waals surface area contributed by atoms with Gasteiger partial charge in [0.15, 0.2) is 17.6 Å². The fourth-order valence-electron chi connectivity index (χ4n) is 15.4. The number of likely N-dealkylation sites (N-methyl/N-ethyl adjacent to an activating group) is 1. The number of allylic oxidation sites excluding steroid dienone is 4. The van der Waals surface area contributed by atoms with E-state index >= 15 is 0 Å². The first kappa shape index (κ1) is 65.0. The Kier molecular flexibility index (Phi) is 21.5. The van der Waals surface area contributed by atoms with Gasteiger partial charge in [0.25, 0.3) is 0 Å². The van der Waals surface area contributed by atoms with Gasteiger partial charge in [-0.15, -0.1) is 23.1 Å². The smallest absolute Gasteiger partial charge is 0.415 e. The van der Waals surface area contributed by atoms with E-state index in [4.69, 9.17) is 14.2 Å². The van der Waals surface area contributed by atoms with Gasteiger partial charge in [0.1, 0.15) is 15.8 Å². The summed E-state index contributed by atoms with van der Waals surface area (Å²) in [7, 11) is 1.62. The summed E-state index contributed by atoms with van der Waals surface area (Å²) in [5.41, 5.74) is 1.71. The molecule has 8 rings (SSSR count). The number of carbonyl (C=O) groups is 7. The Bertz CT molecular complexity index is 2900. The minimum Gasteiger partial charge on any atom is -0.480 e. The molecule has 2 heterocycles. The van der Waals surface area contributed by atoms with Gasteiger partial charge in [-0.05, 0) is 143 Å². The molecule has 0 bridgehead atoms. The summed E-state index contributed by atoms with van der Waals surface area (Å²) in [5.74, 6) is 2.76. The molecule has 1 aliphatic heterocycles. The third kappa shape index (κ3) is 14.7. The topological polar surface area (TPSA) is 243 Å². The van der Waals surface area contributed by atoms with Crippen LogP contribution in [-0.4, -0.2) is 155 Å². The number of aromatic nitrogens is 1. The maximum absolute atomic E-state index is 13.9. The average Bonchev–Trinajstić information content (AvgIpc) is 3.32. The van der Waals surface area contributed by atoms with E-state index in [1.54, 1.807) is 59.9 Å². The number of ketones is 2. The molecule has 2 aromatic rings. The summed E-state index contributed by atoms with van der Waals surface area (Å²) >= 11 is 2.64. The highest BCUT2D eigenvalue weighted by Crippen LogP contribution is 2.68. The van der Waals surface area contributed by atoms with Crippen molar-refractivity contribution in [2.24, 2.45) is 62.7 Å². The van der Waals surface area contributed by atoms with Crippen LogP contribution >= 0.6 is 23.1 Å². The first-order valence-corrected chi connectivity index (χ1v) is 32.5. The number of amides is 4. The number of ether oxygens (including phenoxy) is 3. The number of carboxylic acid groups (broad SMARTS) is 1. The molecule has 84 heavy (non-hydrogen) atoms. The number of nitrogens with one attached hydrogen (secondary N) is 2. The second kappa shape index (κ2) is 27.8. The predicted octanol–water partition coefficient (Wildman–Crippen LogP) is 9.45. The van der Waals surface area contributed by atoms with Gasteiger partial charge in [-0.25, -0.2) is 14.6 Å². The number of aliphatic hydroxyl groups excluding tert-OH is 1. The van der Waals surface area contributed by atoms with Crippen molar-refractivity contribution in [3.63, 3.8) is 0 Å². The average molecular weight is 1200 g/mol. The number of aliphatic imine (C=N–C) groups is 1. The van der Waals surface area contributed by atoms with Crippen LogP contribution in [0.5, 0.6) is 5.75 Å². The van der Waals surface area contributed by atoms with Gasteiger partial charge in [-0.3, -0.25) is 29.0 Å². The first-order valence-electron chi connectivity index (χ1n) is 30.7. The fraction of sp³-hybridized carbons (Fsp3) is 0.703. The second-order valence-electron chi connectivity index (χ2n) is 26.3. The highest BCUT2D eigenvalue weighted by Gasteiger charge is 2.62. The van der Waals surface area contributed by atoms with E-state index in [2.05, 4.69) is 48.3 Å². The van der Waals surface area contributed by atoms with Crippen molar-refractivity contribution < 1.29 is 58.0 Å². The zero-order valence-electron chi connectivity index (χ0n) is 51.3. The number of rotatable bonds is 26. The zero-order valence-corrected chi connectivity index (χ0v) is 52.9. The first-order chi connectivity index (χ1) is 39.8. The standard InChI is InChI=1S/C64H92N6O12S2/c1-37-18-21-63(8)42(32-37)33-49(71)54-45-15-14-44(64(45,9)22-19-46(54)63)38(2)12-17-51(72)65-23-11-24-66-52(73)20-28-80-30-31-81-29-27-70(26-25-69(10)53(74)35-62(6,7)55-41(5)56(75)39(3)40(4)57(55)76)61(79)82-43-13-16-47-50(34-43)84-59(67-47)58-68-48(36-83-58)60(77)78/h13,16,34,37-38,42,44-46,48-49,54,71H,11-12,14-15,17-33,35-36H2,1-10H3,(H,65,72)(H,66,73)(H,77,78)/t37-,38-,42+,44-,45+,46+,48?,49-,54+,63+,64-/m0/s1. The van der Waals surface area contributed by atoms with Crippen LogP contribution in [0.15, 0.2) is 45.5 Å². The van der Waals surface area contributed by atoms with Crippen LogP contribution in [0.4, 0.5) is 4.79 Å². The number of Topliss-reactive ketones (excluding diaryl/α,β-unsaturated/α-hetero) is 2. The third-order valence-corrected chi connectivity index (χ3v) is 22.6. The zero-order chi connectivity index (χ0) is 60.8. The van der Waals surface area contributed by atoms with E-state index in [0.717, 1.165) is 18.8 Å². The Morgan fingerprint density at radius 2 is 1.52 bits per heavy atom. The second-order valence-corrected chi connectivity index (χ2v) is 28.4. The van der Waals surface area contributed by atoms with Gasteiger partial charge in [0.05, 0.1) is 42.7 Å². The fourth-order valence-corrected chi connectivity index (χ4v) is 17.5. The Morgan fingerprint density at radius 1 is 0.845 bits per heavy atom. The van der Waals surface area contributed by atoms with Crippen molar-refractivity contribution in [2.45, 2.75) is 158 Å². The molecule has 11 atom stereocenters. The van der Waals surface area contributed by atoms with Crippen molar-refractivity contribution in [3.8, 4) is 5.75 Å². The lowest BCUT2D eigenvalue weighted by Crippen LogP contribution is -2.58. The van der Waals surface area contributed by atoms with Gasteiger partial charge < -0.3 is 44.9 Å². The van der Waals surface area contributed by atoms with Crippen LogP contribution in [0, 0.1) is 57.7 Å². The van der Waals surface area contributed by atoms with Crippen LogP contribution in [0.1, 0.15) is 151 Å². The van der Waals surface area contributed by atoms with Gasteiger partial charge in [-0.2, -0.15) is 0 Å². The van der Waals surface area contributed by atoms with E-state index < -0.39 is 23.5 Å². The number of hydrogen-bond acceptors (Lipinski definition) is 15. The molecule has 0 saturated heterocycles. The summed E-state index contributed by atoms with van der Waals surface area (Å²) < 4.78 is 18.1. The van der Waals surface area contributed by atoms with Crippen molar-refractivity contribution >= 4 is 79.7 Å². The summed E-state index contributed by atoms with van der Waals surface area (Å²) in [6, 6.07) is 4.18. The van der Waals surface area contributed by atoms with Crippen LogP contribution in [-0.2, 0) is 38.2 Å². The quantitative estimate of drug-likeness (QED) is 0.0507. The Balaban J connectivity index is 0.729. The molecule has 4 saturated carbocycles. The number of benzene rings is 1. The molecule has 4 amide bonds. The lowest BCUT2D eigenvalue weighted by molar-refractivity contribution is -0.168. The SMILES string of the molecule is CC1=C(C)C(=O)C(C(C)(C)CC(=O)N(C)CCN(CCOCCOCCC(=O)NCCCNC(=O)CC[C@H](C)[C@@H]2CC[C@@H]3[C@@H]4[C@@H](CC[C@]32C)[C@]2(C)CC[C@H](C)C[C@@H]2C[C@@H]4O)C(=O)Oc2ccc3nc(C4=NC(C(=O)O)CS4)sc3c2)=C(C)C1=O. The lowest BCUT2D eigenvalue weighted by Gasteiger charge is -2.62. The highest BCUT2D eigenvalue weighted by molar-refractivity contribution is 8.15. The van der Waals surface area contributed by atoms with E-state index in [0.29, 0.717) is 115 Å². The molecule has 0 spiro atoms. The maximum Gasteiger partial charge on any atom is 0.415 e. The number of carboxylic acids is 1. The molecule has 0 radical (unpaired) electrons. The van der Waals surface area contributed by atoms with E-state index in [1.807, 2.05) is 0 Å². The van der Waals surface area contributed by atoms with Crippen molar-refractivity contribution in [1.29, 1.82) is 0 Å². The predicted molar refractivity (Wildman–Crippen MR) is 326 cm³/mol. The summed E-state index contributed by atoms with van der Waals surface area (Å²) in [4.78, 5) is 103. The van der Waals surface area contributed by atoms with Gasteiger partial charge >= 0.3 is 12.1 Å². The number of fused-ring (bicyclic) bond motifs is 6. The molecular formula is C64H92N6O12S2. The number of carbonyl (C=O) groups excluding carboxylic acids is 6. The largest absolute Gasteiger partial charge is 0.480 e. The molecule has 5 aliphatic carbocycles. The Hall–Kier alpha value is -5.02. The number of aliphatic hydroxyl groups is 1. The number of nitrogens with zero attached hydrogens (tertiary/aromatic N) is 4. The molecule has 462 valence electrons. The summed E-state index contributed by atoms with van der Waals surface area (Å²) in [6.07, 6.45) is 10.9. The molecule has 4 N–H and O–H groups in total. The van der Waals surface area contributed by atoms with Crippen LogP contribution in [0.25, 0.3) is 10.2 Å². The van der Waals surface area contributed by atoms with E-state index in [1.165, 1.54) is 77.8 Å². The molecule has 1 aromatic heterocycles. The molecule has 6 aliphatic rings. The van der Waals surface area contributed by atoms with Crippen molar-refractivity contribution in [2.75, 3.05) is 72.0 Å². The molecule has 1 unspecified atom stereocenters. The van der Waals surface area contributed by atoms with E-state index in [-0.39, 0.29) is 105 Å². The van der Waals surface area contributed by atoms with Crippen LogP contribution in [0.2, 0.25) is 0 Å². The number of aliphatic carboxylic acids is 1. The van der Waals surface area contributed by atoms with Crippen LogP contribution < -0.4 is 15.4 Å². The monoisotopic (exact) mass is 1200 g/mol. The molecule has 18 nitrogen and oxygen atoms in total. The lowest BCUT2D eigenvalue weighted by atomic mass is 9.43. The highest BCUT2D eigenvalue weighted by atomic mass is 32.2. The minimum absolute atomic E-state index is 0.0469. The van der Waals surface area contributed by atoms with Crippen LogP contribution in [0.3, 0.4) is 0 Å². The Morgan fingerprint density at radius 3 is 2.24 bits per heavy atom. The van der Waals surface area contributed by atoms with E-state index in [9.17, 15) is 43.8 Å². The van der Waals surface area contributed by atoms with Gasteiger partial charge in [0.2, 0.25) is 17.7 Å². The number of thiazole rings is 1. The normalized spacial score (nSPS) is 28.1. The van der Waals surface area contributed by atoms with Gasteiger partial charge in [0, 0.05) is 98.6 Å². The summed E-state index contributed by atoms with van der Waals surface area (Å²) in [6.45, 7) is 20.1. The van der Waals surface area contributed by atoms with Gasteiger partial charge in [-0.1, -0.05) is 48.0 Å². The number of hydrogen-bond donors (Lipinski definition) is 4. The minimum atomic E-state index is -0.995. The number of thioether (sulfide) groups is 1. The molecule has 4 fully saturated rings. The summed E-state index contributed by atoms with van der Waals surface area (Å²) in [5, 5.41) is 28.2. The van der Waals surface area contributed by atoms with Crippen molar-refractivity contribution in [3.05, 3.63) is 45.5 Å². The Labute approximate surface area is 504 Å². The maximum atomic E-state index is 13.9. The molecule has 20 heteroatoms. The third-order valence-electron chi connectivity index (χ3n) is 20.4. The molecular weight excluding hydrogens is 1110 g/mol. The molecule has 1 aromatic carbocycles. The van der Waals surface area contributed by atoms with Crippen molar-refractivity contribution in [1.82, 2.24) is 25.4 Å².